The molecule has 0 amide bonds. The van der Waals surface area contributed by atoms with Gasteiger partial charge in [0.15, 0.2) is 5.78 Å². The maximum absolute atomic E-state index is 11.1. The Morgan fingerprint density at radius 2 is 2.17 bits per heavy atom. The standard InChI is InChI=1S/C10H13NO/c1-7(2)10-9(8(3)12)5-4-6-11-10/h4-7H,1-3H3. The van der Waals surface area contributed by atoms with E-state index in [1.54, 1.807) is 19.2 Å². The lowest BCUT2D eigenvalue weighted by molar-refractivity contribution is 0.101. The Labute approximate surface area is 72.6 Å². The van der Waals surface area contributed by atoms with Crippen molar-refractivity contribution in [3.8, 4) is 0 Å². The molecule has 0 aliphatic rings. The van der Waals surface area contributed by atoms with E-state index in [4.69, 9.17) is 0 Å². The van der Waals surface area contributed by atoms with Crippen LogP contribution in [0.2, 0.25) is 0 Å². The molecule has 0 saturated heterocycles. The van der Waals surface area contributed by atoms with Gasteiger partial charge in [-0.05, 0) is 25.0 Å². The number of aromatic nitrogens is 1. The average Bonchev–Trinajstić information content (AvgIpc) is 2.04. The second-order valence-corrected chi connectivity index (χ2v) is 3.15. The van der Waals surface area contributed by atoms with Gasteiger partial charge in [0, 0.05) is 11.8 Å². The number of nitrogens with zero attached hydrogens (tertiary/aromatic N) is 1. The van der Waals surface area contributed by atoms with Crippen LogP contribution in [0, 0.1) is 0 Å². The van der Waals surface area contributed by atoms with Gasteiger partial charge in [-0.1, -0.05) is 13.8 Å². The van der Waals surface area contributed by atoms with Crippen molar-refractivity contribution in [3.63, 3.8) is 0 Å². The summed E-state index contributed by atoms with van der Waals surface area (Å²) in [6, 6.07) is 3.62. The van der Waals surface area contributed by atoms with Gasteiger partial charge < -0.3 is 0 Å². The van der Waals surface area contributed by atoms with Crippen LogP contribution in [0.4, 0.5) is 0 Å². The maximum Gasteiger partial charge on any atom is 0.161 e. The largest absolute Gasteiger partial charge is 0.294 e. The van der Waals surface area contributed by atoms with Gasteiger partial charge in [0.25, 0.3) is 0 Å². The third-order valence-electron chi connectivity index (χ3n) is 1.76. The van der Waals surface area contributed by atoms with Crippen LogP contribution in [-0.2, 0) is 0 Å². The van der Waals surface area contributed by atoms with Gasteiger partial charge in [-0.3, -0.25) is 9.78 Å². The summed E-state index contributed by atoms with van der Waals surface area (Å²) >= 11 is 0. The number of pyridine rings is 1. The highest BCUT2D eigenvalue weighted by atomic mass is 16.1. The second-order valence-electron chi connectivity index (χ2n) is 3.15. The van der Waals surface area contributed by atoms with Crippen molar-refractivity contribution < 1.29 is 4.79 Å². The number of carbonyl (C=O) groups is 1. The summed E-state index contributed by atoms with van der Waals surface area (Å²) in [5.74, 6) is 0.400. The van der Waals surface area contributed by atoms with E-state index < -0.39 is 0 Å². The van der Waals surface area contributed by atoms with Gasteiger partial charge in [-0.25, -0.2) is 0 Å². The quantitative estimate of drug-likeness (QED) is 0.626. The molecule has 2 nitrogen and oxygen atoms in total. The Balaban J connectivity index is 3.17. The van der Waals surface area contributed by atoms with Crippen molar-refractivity contribution in [1.82, 2.24) is 4.98 Å². The Morgan fingerprint density at radius 3 is 2.58 bits per heavy atom. The normalized spacial score (nSPS) is 10.3. The van der Waals surface area contributed by atoms with Crippen molar-refractivity contribution in [3.05, 3.63) is 29.6 Å². The summed E-state index contributed by atoms with van der Waals surface area (Å²) in [7, 11) is 0. The van der Waals surface area contributed by atoms with E-state index in [9.17, 15) is 4.79 Å². The molecule has 1 rings (SSSR count). The molecule has 0 saturated carbocycles. The molecule has 0 aliphatic carbocycles. The smallest absolute Gasteiger partial charge is 0.161 e. The maximum atomic E-state index is 11.1. The zero-order chi connectivity index (χ0) is 9.14. The Hall–Kier alpha value is -1.18. The van der Waals surface area contributed by atoms with Crippen LogP contribution in [0.3, 0.4) is 0 Å². The highest BCUT2D eigenvalue weighted by Crippen LogP contribution is 2.16. The highest BCUT2D eigenvalue weighted by molar-refractivity contribution is 5.95. The topological polar surface area (TPSA) is 30.0 Å². The van der Waals surface area contributed by atoms with Crippen LogP contribution in [-0.4, -0.2) is 10.8 Å². The molecular weight excluding hydrogens is 150 g/mol. The Bertz CT molecular complexity index is 292. The van der Waals surface area contributed by atoms with Crippen LogP contribution in [0.1, 0.15) is 42.7 Å². The van der Waals surface area contributed by atoms with Crippen molar-refractivity contribution in [2.24, 2.45) is 0 Å². The molecule has 1 heterocycles. The molecule has 0 spiro atoms. The van der Waals surface area contributed by atoms with Crippen LogP contribution >= 0.6 is 0 Å². The van der Waals surface area contributed by atoms with E-state index in [0.29, 0.717) is 5.92 Å². The fraction of sp³-hybridized carbons (Fsp3) is 0.400. The van der Waals surface area contributed by atoms with Crippen molar-refractivity contribution in [2.75, 3.05) is 0 Å². The minimum Gasteiger partial charge on any atom is -0.294 e. The van der Waals surface area contributed by atoms with E-state index >= 15 is 0 Å². The van der Waals surface area contributed by atoms with Crippen molar-refractivity contribution >= 4 is 5.78 Å². The summed E-state index contributed by atoms with van der Waals surface area (Å²) in [6.45, 7) is 5.65. The Morgan fingerprint density at radius 1 is 1.50 bits per heavy atom. The molecular formula is C10H13NO. The van der Waals surface area contributed by atoms with E-state index in [1.807, 2.05) is 19.9 Å². The summed E-state index contributed by atoms with van der Waals surface area (Å²) in [5.41, 5.74) is 1.64. The number of hydrogen-bond donors (Lipinski definition) is 0. The second kappa shape index (κ2) is 3.48. The van der Waals surface area contributed by atoms with Crippen LogP contribution in [0.5, 0.6) is 0 Å². The summed E-state index contributed by atoms with van der Waals surface area (Å²) < 4.78 is 0. The van der Waals surface area contributed by atoms with Crippen LogP contribution in [0.25, 0.3) is 0 Å². The molecule has 1 aromatic rings. The molecule has 0 atom stereocenters. The van der Waals surface area contributed by atoms with Gasteiger partial charge in [0.1, 0.15) is 0 Å². The zero-order valence-electron chi connectivity index (χ0n) is 7.66. The molecule has 1 aromatic heterocycles. The van der Waals surface area contributed by atoms with Gasteiger partial charge in [0.05, 0.1) is 5.69 Å². The number of ketones is 1. The van der Waals surface area contributed by atoms with Crippen LogP contribution in [0.15, 0.2) is 18.3 Å². The molecule has 0 N–H and O–H groups in total. The van der Waals surface area contributed by atoms with E-state index in [-0.39, 0.29) is 5.78 Å². The van der Waals surface area contributed by atoms with E-state index in [0.717, 1.165) is 11.3 Å². The number of carbonyl (C=O) groups excluding carboxylic acids is 1. The minimum atomic E-state index is 0.0896. The molecule has 0 unspecified atom stereocenters. The molecule has 0 radical (unpaired) electrons. The van der Waals surface area contributed by atoms with Gasteiger partial charge in [0.2, 0.25) is 0 Å². The average molecular weight is 163 g/mol. The summed E-state index contributed by atoms with van der Waals surface area (Å²) in [6.07, 6.45) is 1.72. The lowest BCUT2D eigenvalue weighted by Gasteiger charge is -2.07. The van der Waals surface area contributed by atoms with E-state index in [2.05, 4.69) is 4.98 Å². The Kier molecular flexibility index (Phi) is 2.58. The molecule has 12 heavy (non-hydrogen) atoms. The predicted molar refractivity (Wildman–Crippen MR) is 48.3 cm³/mol. The van der Waals surface area contributed by atoms with Crippen LogP contribution < -0.4 is 0 Å². The molecule has 0 aliphatic heterocycles. The van der Waals surface area contributed by atoms with Crippen molar-refractivity contribution in [2.45, 2.75) is 26.7 Å². The highest BCUT2D eigenvalue weighted by Gasteiger charge is 2.09. The third kappa shape index (κ3) is 1.70. The third-order valence-corrected chi connectivity index (χ3v) is 1.76. The first kappa shape index (κ1) is 8.91. The molecule has 64 valence electrons. The number of Topliss-reactive ketones (excluding diaryl/α,β-unsaturated/α-hetero) is 1. The first-order valence-electron chi connectivity index (χ1n) is 4.08. The molecule has 0 bridgehead atoms. The summed E-state index contributed by atoms with van der Waals surface area (Å²) in [4.78, 5) is 15.3. The number of hydrogen-bond acceptors (Lipinski definition) is 2. The SMILES string of the molecule is CC(=O)c1cccnc1C(C)C. The van der Waals surface area contributed by atoms with E-state index in [1.165, 1.54) is 0 Å². The fourth-order valence-electron chi connectivity index (χ4n) is 1.18. The minimum absolute atomic E-state index is 0.0896. The monoisotopic (exact) mass is 163 g/mol. The summed E-state index contributed by atoms with van der Waals surface area (Å²) in [5, 5.41) is 0. The first-order chi connectivity index (χ1) is 5.63. The predicted octanol–water partition coefficient (Wildman–Crippen LogP) is 2.41. The van der Waals surface area contributed by atoms with Gasteiger partial charge in [-0.2, -0.15) is 0 Å². The lowest BCUT2D eigenvalue weighted by Crippen LogP contribution is -2.03. The van der Waals surface area contributed by atoms with Gasteiger partial charge >= 0.3 is 0 Å². The molecule has 2 heteroatoms. The molecule has 0 aromatic carbocycles. The first-order valence-corrected chi connectivity index (χ1v) is 4.08. The number of rotatable bonds is 2. The molecule has 0 fully saturated rings. The fourth-order valence-corrected chi connectivity index (χ4v) is 1.18. The lowest BCUT2D eigenvalue weighted by atomic mass is 10.0. The van der Waals surface area contributed by atoms with Gasteiger partial charge in [-0.15, -0.1) is 0 Å². The van der Waals surface area contributed by atoms with Crippen molar-refractivity contribution in [1.29, 1.82) is 0 Å². The zero-order valence-corrected chi connectivity index (χ0v) is 7.66.